The number of halogens is 3. The molecule has 112 valence electrons. The first kappa shape index (κ1) is 14.8. The van der Waals surface area contributed by atoms with Gasteiger partial charge in [-0.2, -0.15) is 0 Å². The zero-order valence-corrected chi connectivity index (χ0v) is 14.1. The Morgan fingerprint density at radius 1 is 0.565 bits per heavy atom. The van der Waals surface area contributed by atoms with E-state index in [1.807, 2.05) is 60.7 Å². The Morgan fingerprint density at radius 2 is 1.04 bits per heavy atom. The van der Waals surface area contributed by atoms with E-state index >= 15 is 0 Å². The van der Waals surface area contributed by atoms with Crippen LogP contribution in [0.3, 0.4) is 0 Å². The first-order valence-electron chi connectivity index (χ1n) is 7.06. The summed E-state index contributed by atoms with van der Waals surface area (Å²) < 4.78 is 0. The normalized spacial score (nSPS) is 11.3. The molecular formula is C19H10Cl3N. The molecule has 0 saturated carbocycles. The minimum absolute atomic E-state index is 0.661. The highest BCUT2D eigenvalue weighted by atomic mass is 35.5. The summed E-state index contributed by atoms with van der Waals surface area (Å²) in [5.74, 6) is 0. The summed E-state index contributed by atoms with van der Waals surface area (Å²) in [5, 5.41) is 4.13. The summed E-state index contributed by atoms with van der Waals surface area (Å²) in [6.07, 6.45) is 0. The van der Waals surface area contributed by atoms with Crippen molar-refractivity contribution in [3.63, 3.8) is 0 Å². The van der Waals surface area contributed by atoms with Crippen molar-refractivity contribution in [2.24, 2.45) is 0 Å². The molecule has 3 aromatic carbocycles. The topological polar surface area (TPSA) is 12.9 Å². The molecule has 0 spiro atoms. The number of nitrogens with zero attached hydrogens (tertiary/aromatic N) is 1. The van der Waals surface area contributed by atoms with Gasteiger partial charge in [0.2, 0.25) is 0 Å². The summed E-state index contributed by atoms with van der Waals surface area (Å²) in [6, 6.07) is 19.3. The van der Waals surface area contributed by atoms with E-state index in [0.29, 0.717) is 15.1 Å². The van der Waals surface area contributed by atoms with Gasteiger partial charge >= 0.3 is 0 Å². The number of aromatic nitrogens is 1. The number of benzene rings is 3. The van der Waals surface area contributed by atoms with Crippen molar-refractivity contribution in [3.8, 4) is 11.1 Å². The molecule has 0 aliphatic rings. The van der Waals surface area contributed by atoms with Crippen molar-refractivity contribution in [3.05, 3.63) is 75.7 Å². The molecule has 1 nitrogen and oxygen atoms in total. The van der Waals surface area contributed by atoms with Crippen LogP contribution in [0, 0.1) is 0 Å². The van der Waals surface area contributed by atoms with Crippen LogP contribution in [0.2, 0.25) is 15.1 Å². The average Bonchev–Trinajstić information content (AvgIpc) is 2.53. The van der Waals surface area contributed by atoms with E-state index in [-0.39, 0.29) is 0 Å². The van der Waals surface area contributed by atoms with Crippen molar-refractivity contribution < 1.29 is 0 Å². The molecule has 0 bridgehead atoms. The van der Waals surface area contributed by atoms with E-state index in [1.54, 1.807) is 0 Å². The van der Waals surface area contributed by atoms with Crippen molar-refractivity contribution in [1.29, 1.82) is 0 Å². The lowest BCUT2D eigenvalue weighted by Crippen LogP contribution is -1.89. The number of hydrogen-bond acceptors (Lipinski definition) is 1. The van der Waals surface area contributed by atoms with Crippen molar-refractivity contribution in [2.45, 2.75) is 0 Å². The summed E-state index contributed by atoms with van der Waals surface area (Å²) in [5.41, 5.74) is 3.88. The van der Waals surface area contributed by atoms with E-state index in [2.05, 4.69) is 0 Å². The maximum absolute atomic E-state index is 6.14. The largest absolute Gasteiger partial charge is 0.248 e. The molecule has 4 aromatic rings. The van der Waals surface area contributed by atoms with E-state index in [9.17, 15) is 0 Å². The van der Waals surface area contributed by atoms with Gasteiger partial charge in [-0.05, 0) is 42.0 Å². The van der Waals surface area contributed by atoms with Gasteiger partial charge in [0.25, 0.3) is 0 Å². The summed E-state index contributed by atoms with van der Waals surface area (Å²) >= 11 is 18.3. The SMILES string of the molecule is Clc1ccc(-c2c3ccc(Cl)cc3nc3cc(Cl)ccc23)cc1. The van der Waals surface area contributed by atoms with Gasteiger partial charge in [-0.3, -0.25) is 0 Å². The van der Waals surface area contributed by atoms with E-state index in [0.717, 1.165) is 32.9 Å². The maximum atomic E-state index is 6.14. The summed E-state index contributed by atoms with van der Waals surface area (Å²) in [7, 11) is 0. The standard InChI is InChI=1S/C19H10Cl3N/c20-12-3-1-11(2-4-12)19-15-7-5-13(21)9-17(15)23-18-10-14(22)6-8-16(18)19/h1-10H. The molecule has 0 aliphatic heterocycles. The maximum Gasteiger partial charge on any atom is 0.0730 e. The van der Waals surface area contributed by atoms with Gasteiger partial charge in [-0.25, -0.2) is 4.98 Å². The molecular weight excluding hydrogens is 349 g/mol. The summed E-state index contributed by atoms with van der Waals surface area (Å²) in [4.78, 5) is 4.71. The fraction of sp³-hybridized carbons (Fsp3) is 0. The van der Waals surface area contributed by atoms with Crippen molar-refractivity contribution in [2.75, 3.05) is 0 Å². The molecule has 0 fully saturated rings. The predicted octanol–water partition coefficient (Wildman–Crippen LogP) is 7.02. The van der Waals surface area contributed by atoms with Crippen LogP contribution >= 0.6 is 34.8 Å². The fourth-order valence-corrected chi connectivity index (χ4v) is 3.28. The third-order valence-electron chi connectivity index (χ3n) is 3.83. The molecule has 4 heteroatoms. The van der Waals surface area contributed by atoms with Gasteiger partial charge in [0.15, 0.2) is 0 Å². The molecule has 23 heavy (non-hydrogen) atoms. The number of rotatable bonds is 1. The fourth-order valence-electron chi connectivity index (χ4n) is 2.82. The molecule has 0 radical (unpaired) electrons. The van der Waals surface area contributed by atoms with Crippen molar-refractivity contribution >= 4 is 56.6 Å². The van der Waals surface area contributed by atoms with E-state index in [4.69, 9.17) is 39.8 Å². The average molecular weight is 359 g/mol. The number of pyridine rings is 1. The lowest BCUT2D eigenvalue weighted by Gasteiger charge is -2.12. The van der Waals surface area contributed by atoms with Gasteiger partial charge in [0, 0.05) is 31.4 Å². The van der Waals surface area contributed by atoms with Crippen LogP contribution in [0.25, 0.3) is 32.9 Å². The van der Waals surface area contributed by atoms with E-state index < -0.39 is 0 Å². The summed E-state index contributed by atoms with van der Waals surface area (Å²) in [6.45, 7) is 0. The highest BCUT2D eigenvalue weighted by molar-refractivity contribution is 6.32. The zero-order chi connectivity index (χ0) is 16.0. The van der Waals surface area contributed by atoms with Gasteiger partial charge in [-0.1, -0.05) is 59.1 Å². The predicted molar refractivity (Wildman–Crippen MR) is 99.7 cm³/mol. The van der Waals surface area contributed by atoms with Crippen LogP contribution in [-0.2, 0) is 0 Å². The molecule has 0 unspecified atom stereocenters. The van der Waals surface area contributed by atoms with Crippen LogP contribution in [0.1, 0.15) is 0 Å². The van der Waals surface area contributed by atoms with Gasteiger partial charge in [-0.15, -0.1) is 0 Å². The van der Waals surface area contributed by atoms with Gasteiger partial charge in [0.05, 0.1) is 11.0 Å². The van der Waals surface area contributed by atoms with Gasteiger partial charge in [0.1, 0.15) is 0 Å². The quantitative estimate of drug-likeness (QED) is 0.333. The van der Waals surface area contributed by atoms with Crippen LogP contribution in [0.4, 0.5) is 0 Å². The lowest BCUT2D eigenvalue weighted by molar-refractivity contribution is 1.49. The molecule has 0 aliphatic carbocycles. The lowest BCUT2D eigenvalue weighted by atomic mass is 9.96. The molecule has 1 aromatic heterocycles. The highest BCUT2D eigenvalue weighted by Crippen LogP contribution is 2.36. The highest BCUT2D eigenvalue weighted by Gasteiger charge is 2.12. The second-order valence-corrected chi connectivity index (χ2v) is 6.63. The van der Waals surface area contributed by atoms with Crippen LogP contribution in [-0.4, -0.2) is 4.98 Å². The minimum atomic E-state index is 0.661. The Bertz CT molecular complexity index is 980. The zero-order valence-electron chi connectivity index (χ0n) is 11.9. The number of hydrogen-bond donors (Lipinski definition) is 0. The smallest absolute Gasteiger partial charge is 0.0730 e. The molecule has 0 N–H and O–H groups in total. The van der Waals surface area contributed by atoms with Crippen LogP contribution in [0.15, 0.2) is 60.7 Å². The Kier molecular flexibility index (Phi) is 3.65. The van der Waals surface area contributed by atoms with Crippen LogP contribution < -0.4 is 0 Å². The Labute approximate surface area is 148 Å². The van der Waals surface area contributed by atoms with Crippen LogP contribution in [0.5, 0.6) is 0 Å². The molecule has 0 saturated heterocycles. The Hall–Kier alpha value is -1.80. The third kappa shape index (κ3) is 2.66. The second kappa shape index (κ2) is 5.68. The molecule has 4 rings (SSSR count). The number of fused-ring (bicyclic) bond motifs is 2. The monoisotopic (exact) mass is 357 g/mol. The Morgan fingerprint density at radius 3 is 1.57 bits per heavy atom. The van der Waals surface area contributed by atoms with Gasteiger partial charge < -0.3 is 0 Å². The Balaban J connectivity index is 2.18. The molecule has 1 heterocycles. The second-order valence-electron chi connectivity index (χ2n) is 5.32. The van der Waals surface area contributed by atoms with Crippen molar-refractivity contribution in [1.82, 2.24) is 4.98 Å². The third-order valence-corrected chi connectivity index (χ3v) is 4.55. The minimum Gasteiger partial charge on any atom is -0.248 e. The molecule has 0 amide bonds. The first-order chi connectivity index (χ1) is 11.1. The first-order valence-corrected chi connectivity index (χ1v) is 8.20. The molecule has 0 atom stereocenters. The van der Waals surface area contributed by atoms with E-state index in [1.165, 1.54) is 0 Å².